The SMILES string of the molecule is CCOC(=O)C(Cc1ccccc1CCCCl)C(=O)c1ccccc1. The van der Waals surface area contributed by atoms with E-state index < -0.39 is 11.9 Å². The third-order valence-corrected chi connectivity index (χ3v) is 4.34. The molecule has 0 saturated carbocycles. The van der Waals surface area contributed by atoms with Crippen LogP contribution in [0.15, 0.2) is 54.6 Å². The maximum Gasteiger partial charge on any atom is 0.317 e. The van der Waals surface area contributed by atoms with E-state index in [9.17, 15) is 9.59 Å². The van der Waals surface area contributed by atoms with Crippen molar-refractivity contribution in [2.75, 3.05) is 12.5 Å². The van der Waals surface area contributed by atoms with E-state index in [1.807, 2.05) is 30.3 Å². The minimum absolute atomic E-state index is 0.203. The van der Waals surface area contributed by atoms with Gasteiger partial charge in [-0.1, -0.05) is 54.6 Å². The zero-order chi connectivity index (χ0) is 18.1. The van der Waals surface area contributed by atoms with Crippen LogP contribution < -0.4 is 0 Å². The number of halogens is 1. The normalized spacial score (nSPS) is 11.8. The largest absolute Gasteiger partial charge is 0.465 e. The predicted octanol–water partition coefficient (Wildman–Crippen LogP) is 4.46. The number of aryl methyl sites for hydroxylation is 1. The van der Waals surface area contributed by atoms with Gasteiger partial charge in [0.25, 0.3) is 0 Å². The molecule has 0 aliphatic rings. The molecule has 25 heavy (non-hydrogen) atoms. The molecule has 0 N–H and O–H groups in total. The van der Waals surface area contributed by atoms with Gasteiger partial charge < -0.3 is 4.74 Å². The number of carbonyl (C=O) groups excluding carboxylic acids is 2. The highest BCUT2D eigenvalue weighted by atomic mass is 35.5. The third kappa shape index (κ3) is 5.43. The zero-order valence-corrected chi connectivity index (χ0v) is 15.2. The number of hydrogen-bond donors (Lipinski definition) is 0. The van der Waals surface area contributed by atoms with Crippen LogP contribution in [-0.4, -0.2) is 24.2 Å². The molecule has 0 heterocycles. The van der Waals surface area contributed by atoms with Crippen LogP contribution in [0.5, 0.6) is 0 Å². The molecule has 0 spiro atoms. The third-order valence-electron chi connectivity index (χ3n) is 4.07. The molecular formula is C21H23ClO3. The molecule has 1 atom stereocenters. The first-order valence-electron chi connectivity index (χ1n) is 8.56. The first-order valence-corrected chi connectivity index (χ1v) is 9.09. The molecule has 0 saturated heterocycles. The molecule has 2 aromatic carbocycles. The van der Waals surface area contributed by atoms with E-state index >= 15 is 0 Å². The lowest BCUT2D eigenvalue weighted by Crippen LogP contribution is -2.28. The first kappa shape index (κ1) is 19.2. The number of hydrogen-bond acceptors (Lipinski definition) is 3. The average molecular weight is 359 g/mol. The number of carbonyl (C=O) groups is 2. The Hall–Kier alpha value is -2.13. The van der Waals surface area contributed by atoms with Gasteiger partial charge in [-0.25, -0.2) is 0 Å². The molecule has 132 valence electrons. The molecule has 0 aliphatic heterocycles. The molecule has 0 aliphatic carbocycles. The molecule has 0 radical (unpaired) electrons. The molecule has 4 heteroatoms. The summed E-state index contributed by atoms with van der Waals surface area (Å²) in [5.74, 6) is -0.923. The highest BCUT2D eigenvalue weighted by molar-refractivity contribution is 6.17. The fourth-order valence-electron chi connectivity index (χ4n) is 2.81. The van der Waals surface area contributed by atoms with E-state index in [-0.39, 0.29) is 12.4 Å². The summed E-state index contributed by atoms with van der Waals surface area (Å²) >= 11 is 5.80. The number of alkyl halides is 1. The van der Waals surface area contributed by atoms with Crippen LogP contribution >= 0.6 is 11.6 Å². The van der Waals surface area contributed by atoms with E-state index in [0.717, 1.165) is 24.0 Å². The Kier molecular flexibility index (Phi) is 7.68. The second-order valence-corrected chi connectivity index (χ2v) is 6.18. The van der Waals surface area contributed by atoms with Crippen LogP contribution in [-0.2, 0) is 22.4 Å². The van der Waals surface area contributed by atoms with Gasteiger partial charge in [-0.2, -0.15) is 0 Å². The molecule has 0 aromatic heterocycles. The van der Waals surface area contributed by atoms with Crippen LogP contribution in [0.4, 0.5) is 0 Å². The van der Waals surface area contributed by atoms with Crippen molar-refractivity contribution in [3.05, 3.63) is 71.3 Å². The number of benzene rings is 2. The monoisotopic (exact) mass is 358 g/mol. The lowest BCUT2D eigenvalue weighted by molar-refractivity contribution is -0.146. The van der Waals surface area contributed by atoms with Gasteiger partial charge >= 0.3 is 5.97 Å². The molecule has 2 aromatic rings. The highest BCUT2D eigenvalue weighted by Crippen LogP contribution is 2.20. The van der Waals surface area contributed by atoms with Crippen molar-refractivity contribution in [2.45, 2.75) is 26.2 Å². The minimum Gasteiger partial charge on any atom is -0.465 e. The van der Waals surface area contributed by atoms with Crippen molar-refractivity contribution in [3.63, 3.8) is 0 Å². The van der Waals surface area contributed by atoms with Gasteiger partial charge in [0.2, 0.25) is 0 Å². The number of esters is 1. The summed E-state index contributed by atoms with van der Waals surface area (Å²) in [4.78, 5) is 25.3. The predicted molar refractivity (Wildman–Crippen MR) is 100 cm³/mol. The van der Waals surface area contributed by atoms with Gasteiger partial charge in [0.1, 0.15) is 5.92 Å². The van der Waals surface area contributed by atoms with Crippen LogP contribution in [0.2, 0.25) is 0 Å². The summed E-state index contributed by atoms with van der Waals surface area (Å²) in [5.41, 5.74) is 2.65. The van der Waals surface area contributed by atoms with Gasteiger partial charge in [0.05, 0.1) is 6.61 Å². The second-order valence-electron chi connectivity index (χ2n) is 5.80. The van der Waals surface area contributed by atoms with E-state index in [1.165, 1.54) is 0 Å². The van der Waals surface area contributed by atoms with Crippen LogP contribution in [0, 0.1) is 5.92 Å². The minimum atomic E-state index is -0.834. The van der Waals surface area contributed by atoms with Gasteiger partial charge in [-0.05, 0) is 37.3 Å². The maximum atomic E-state index is 12.9. The summed E-state index contributed by atoms with van der Waals surface area (Å²) in [6.07, 6.45) is 2.02. The summed E-state index contributed by atoms with van der Waals surface area (Å²) in [5, 5.41) is 0. The molecule has 3 nitrogen and oxygen atoms in total. The van der Waals surface area contributed by atoms with E-state index in [2.05, 4.69) is 0 Å². The number of rotatable bonds is 9. The lowest BCUT2D eigenvalue weighted by Gasteiger charge is -2.17. The van der Waals surface area contributed by atoms with Crippen molar-refractivity contribution in [1.29, 1.82) is 0 Å². The van der Waals surface area contributed by atoms with E-state index in [0.29, 0.717) is 17.9 Å². The van der Waals surface area contributed by atoms with Crippen molar-refractivity contribution in [2.24, 2.45) is 5.92 Å². The number of ketones is 1. The maximum absolute atomic E-state index is 12.9. The smallest absolute Gasteiger partial charge is 0.317 e. The molecule has 1 unspecified atom stereocenters. The Morgan fingerprint density at radius 1 is 1.00 bits per heavy atom. The Morgan fingerprint density at radius 2 is 1.64 bits per heavy atom. The van der Waals surface area contributed by atoms with Crippen LogP contribution in [0.25, 0.3) is 0 Å². The van der Waals surface area contributed by atoms with Gasteiger partial charge in [0.15, 0.2) is 5.78 Å². The van der Waals surface area contributed by atoms with Crippen molar-refractivity contribution in [3.8, 4) is 0 Å². The van der Waals surface area contributed by atoms with Gasteiger partial charge in [0, 0.05) is 11.4 Å². The molecule has 0 fully saturated rings. The van der Waals surface area contributed by atoms with Crippen molar-refractivity contribution < 1.29 is 14.3 Å². The van der Waals surface area contributed by atoms with E-state index in [1.54, 1.807) is 31.2 Å². The van der Waals surface area contributed by atoms with Crippen LogP contribution in [0.1, 0.15) is 34.8 Å². The Morgan fingerprint density at radius 3 is 2.28 bits per heavy atom. The Balaban J connectivity index is 2.28. The highest BCUT2D eigenvalue weighted by Gasteiger charge is 2.29. The summed E-state index contributed by atoms with van der Waals surface area (Å²) in [6, 6.07) is 16.8. The van der Waals surface area contributed by atoms with Gasteiger partial charge in [-0.3, -0.25) is 9.59 Å². The first-order chi connectivity index (χ1) is 12.2. The number of Topliss-reactive ketones (excluding diaryl/α,β-unsaturated/α-hetero) is 1. The fourth-order valence-corrected chi connectivity index (χ4v) is 2.94. The van der Waals surface area contributed by atoms with Crippen molar-refractivity contribution >= 4 is 23.4 Å². The lowest BCUT2D eigenvalue weighted by atomic mass is 9.88. The topological polar surface area (TPSA) is 43.4 Å². The molecule has 2 rings (SSSR count). The molecule has 0 amide bonds. The Labute approximate surface area is 154 Å². The summed E-state index contributed by atoms with van der Waals surface area (Å²) < 4.78 is 5.16. The molecule has 0 bridgehead atoms. The molecular weight excluding hydrogens is 336 g/mol. The average Bonchev–Trinajstić information content (AvgIpc) is 2.65. The van der Waals surface area contributed by atoms with E-state index in [4.69, 9.17) is 16.3 Å². The Bertz CT molecular complexity index is 697. The van der Waals surface area contributed by atoms with Crippen LogP contribution in [0.3, 0.4) is 0 Å². The standard InChI is InChI=1S/C21H23ClO3/c1-2-25-21(24)19(20(23)17-10-4-3-5-11-17)15-18-12-7-6-9-16(18)13-8-14-22/h3-7,9-12,19H,2,8,13-15H2,1H3. The number of ether oxygens (including phenoxy) is 1. The fraction of sp³-hybridized carbons (Fsp3) is 0.333. The van der Waals surface area contributed by atoms with Gasteiger partial charge in [-0.15, -0.1) is 11.6 Å². The summed E-state index contributed by atoms with van der Waals surface area (Å²) in [7, 11) is 0. The second kappa shape index (κ2) is 10.00. The summed E-state index contributed by atoms with van der Waals surface area (Å²) in [6.45, 7) is 2.00. The zero-order valence-electron chi connectivity index (χ0n) is 14.4. The quantitative estimate of drug-likeness (QED) is 0.287. The van der Waals surface area contributed by atoms with Crippen molar-refractivity contribution in [1.82, 2.24) is 0 Å².